The van der Waals surface area contributed by atoms with Gasteiger partial charge in [0.1, 0.15) is 11.5 Å². The number of nitrogens with zero attached hydrogens (tertiary/aromatic N) is 2. The summed E-state index contributed by atoms with van der Waals surface area (Å²) in [6, 6.07) is 23.0. The minimum atomic E-state index is -0.120. The maximum absolute atomic E-state index is 13.2. The highest BCUT2D eigenvalue weighted by Crippen LogP contribution is 2.34. The predicted octanol–water partition coefficient (Wildman–Crippen LogP) is 5.95. The van der Waals surface area contributed by atoms with Gasteiger partial charge in [-0.15, -0.1) is 0 Å². The maximum Gasteiger partial charge on any atom is 0.229 e. The van der Waals surface area contributed by atoms with Crippen molar-refractivity contribution in [3.63, 3.8) is 0 Å². The van der Waals surface area contributed by atoms with Gasteiger partial charge in [0.15, 0.2) is 10.9 Å². The molecule has 33 heavy (non-hydrogen) atoms. The van der Waals surface area contributed by atoms with Crippen molar-refractivity contribution in [3.8, 4) is 17.2 Å². The minimum absolute atomic E-state index is 0.00610. The van der Waals surface area contributed by atoms with Crippen LogP contribution in [0.2, 0.25) is 0 Å². The molecule has 1 fully saturated rings. The molecule has 0 aliphatic carbocycles. The largest absolute Gasteiger partial charge is 0.497 e. The Hall–Kier alpha value is -3.58. The molecule has 0 radical (unpaired) electrons. The SMILES string of the molecule is COc1ccc2nc(N3CCCC(C(=O)Nc4ccccc4Oc4ccccc4)C3)sc2c1. The van der Waals surface area contributed by atoms with Gasteiger partial charge in [-0.05, 0) is 55.3 Å². The van der Waals surface area contributed by atoms with Crippen LogP contribution in [-0.2, 0) is 4.79 Å². The molecule has 7 heteroatoms. The first-order valence-corrected chi connectivity index (χ1v) is 11.8. The number of methoxy groups -OCH3 is 1. The van der Waals surface area contributed by atoms with Crippen LogP contribution < -0.4 is 19.7 Å². The van der Waals surface area contributed by atoms with E-state index in [0.717, 1.165) is 46.2 Å². The van der Waals surface area contributed by atoms with Gasteiger partial charge in [-0.3, -0.25) is 4.79 Å². The third-order valence-electron chi connectivity index (χ3n) is 5.76. The van der Waals surface area contributed by atoms with Crippen molar-refractivity contribution in [1.29, 1.82) is 0 Å². The van der Waals surface area contributed by atoms with Gasteiger partial charge in [-0.1, -0.05) is 41.7 Å². The monoisotopic (exact) mass is 459 g/mol. The zero-order chi connectivity index (χ0) is 22.6. The van der Waals surface area contributed by atoms with E-state index in [1.165, 1.54) is 0 Å². The molecule has 3 aromatic carbocycles. The van der Waals surface area contributed by atoms with Crippen LogP contribution in [0.4, 0.5) is 10.8 Å². The highest BCUT2D eigenvalue weighted by atomic mass is 32.1. The van der Waals surface area contributed by atoms with Crippen molar-refractivity contribution in [2.24, 2.45) is 5.92 Å². The number of anilines is 2. The Bertz CT molecular complexity index is 1260. The lowest BCUT2D eigenvalue weighted by atomic mass is 9.97. The Labute approximate surface area is 196 Å². The molecule has 0 bridgehead atoms. The van der Waals surface area contributed by atoms with Gasteiger partial charge in [0.2, 0.25) is 5.91 Å². The lowest BCUT2D eigenvalue weighted by Gasteiger charge is -2.31. The first kappa shape index (κ1) is 21.3. The van der Waals surface area contributed by atoms with Crippen LogP contribution in [-0.4, -0.2) is 31.1 Å². The number of piperidine rings is 1. The molecule has 1 saturated heterocycles. The molecule has 5 rings (SSSR count). The second kappa shape index (κ2) is 9.50. The average Bonchev–Trinajstić information content (AvgIpc) is 3.29. The van der Waals surface area contributed by atoms with Gasteiger partial charge in [-0.2, -0.15) is 0 Å². The van der Waals surface area contributed by atoms with Gasteiger partial charge >= 0.3 is 0 Å². The van der Waals surface area contributed by atoms with E-state index in [9.17, 15) is 4.79 Å². The third-order valence-corrected chi connectivity index (χ3v) is 6.84. The van der Waals surface area contributed by atoms with E-state index >= 15 is 0 Å². The molecule has 1 aromatic heterocycles. The van der Waals surface area contributed by atoms with E-state index in [4.69, 9.17) is 14.5 Å². The quantitative estimate of drug-likeness (QED) is 0.386. The molecule has 1 amide bonds. The number of rotatable bonds is 6. The standard InChI is InChI=1S/C26H25N3O3S/c1-31-20-13-14-22-24(16-20)33-26(28-22)29-15-7-8-18(17-29)25(30)27-21-11-5-6-12-23(21)32-19-9-3-2-4-10-19/h2-6,9-14,16,18H,7-8,15,17H2,1H3,(H,27,30). The highest BCUT2D eigenvalue weighted by molar-refractivity contribution is 7.22. The molecule has 0 saturated carbocycles. The van der Waals surface area contributed by atoms with E-state index < -0.39 is 0 Å². The van der Waals surface area contributed by atoms with Crippen LogP contribution in [0.15, 0.2) is 72.8 Å². The molecular weight excluding hydrogens is 434 g/mol. The Morgan fingerprint density at radius 1 is 1.06 bits per heavy atom. The van der Waals surface area contributed by atoms with Crippen molar-refractivity contribution >= 4 is 38.3 Å². The zero-order valence-corrected chi connectivity index (χ0v) is 19.2. The molecule has 1 unspecified atom stereocenters. The van der Waals surface area contributed by atoms with E-state index in [1.54, 1.807) is 18.4 Å². The van der Waals surface area contributed by atoms with Crippen LogP contribution >= 0.6 is 11.3 Å². The Kier molecular flexibility index (Phi) is 6.13. The first-order chi connectivity index (χ1) is 16.2. The zero-order valence-electron chi connectivity index (χ0n) is 18.4. The summed E-state index contributed by atoms with van der Waals surface area (Å²) in [6.07, 6.45) is 1.79. The summed E-state index contributed by atoms with van der Waals surface area (Å²) in [5, 5.41) is 4.04. The lowest BCUT2D eigenvalue weighted by Crippen LogP contribution is -2.40. The molecule has 2 heterocycles. The molecule has 1 aliphatic rings. The van der Waals surface area contributed by atoms with Gasteiger partial charge in [0.25, 0.3) is 0 Å². The summed E-state index contributed by atoms with van der Waals surface area (Å²) in [6.45, 7) is 1.54. The second-order valence-electron chi connectivity index (χ2n) is 8.02. The van der Waals surface area contributed by atoms with E-state index in [2.05, 4.69) is 10.2 Å². The third kappa shape index (κ3) is 4.78. The van der Waals surface area contributed by atoms with Crippen LogP contribution in [0.5, 0.6) is 17.2 Å². The smallest absolute Gasteiger partial charge is 0.229 e. The number of nitrogens with one attached hydrogen (secondary N) is 1. The number of benzene rings is 3. The average molecular weight is 460 g/mol. The number of amides is 1. The van der Waals surface area contributed by atoms with Crippen LogP contribution in [0.3, 0.4) is 0 Å². The Morgan fingerprint density at radius 2 is 1.88 bits per heavy atom. The molecule has 1 atom stereocenters. The Morgan fingerprint density at radius 3 is 2.73 bits per heavy atom. The number of fused-ring (bicyclic) bond motifs is 1. The van der Waals surface area contributed by atoms with Crippen molar-refractivity contribution in [3.05, 3.63) is 72.8 Å². The number of hydrogen-bond donors (Lipinski definition) is 1. The van der Waals surface area contributed by atoms with Crippen LogP contribution in [0, 0.1) is 5.92 Å². The normalized spacial score (nSPS) is 15.9. The molecule has 1 N–H and O–H groups in total. The van der Waals surface area contributed by atoms with E-state index in [1.807, 2.05) is 72.8 Å². The number of para-hydroxylation sites is 3. The molecule has 6 nitrogen and oxygen atoms in total. The number of ether oxygens (including phenoxy) is 2. The number of thiazole rings is 1. The maximum atomic E-state index is 13.2. The summed E-state index contributed by atoms with van der Waals surface area (Å²) in [5.41, 5.74) is 1.63. The molecule has 4 aromatic rings. The van der Waals surface area contributed by atoms with Crippen LogP contribution in [0.1, 0.15) is 12.8 Å². The summed E-state index contributed by atoms with van der Waals surface area (Å²) in [7, 11) is 1.67. The molecule has 0 spiro atoms. The lowest BCUT2D eigenvalue weighted by molar-refractivity contribution is -0.120. The fourth-order valence-electron chi connectivity index (χ4n) is 4.03. The minimum Gasteiger partial charge on any atom is -0.497 e. The number of carbonyl (C=O) groups is 1. The van der Waals surface area contributed by atoms with Crippen LogP contribution in [0.25, 0.3) is 10.2 Å². The molecule has 1 aliphatic heterocycles. The number of aromatic nitrogens is 1. The van der Waals surface area contributed by atoms with Gasteiger partial charge in [0.05, 0.1) is 28.9 Å². The van der Waals surface area contributed by atoms with E-state index in [-0.39, 0.29) is 11.8 Å². The number of carbonyl (C=O) groups excluding carboxylic acids is 1. The van der Waals surface area contributed by atoms with Crippen molar-refractivity contribution in [1.82, 2.24) is 4.98 Å². The summed E-state index contributed by atoms with van der Waals surface area (Å²) < 4.78 is 12.4. The van der Waals surface area contributed by atoms with E-state index in [0.29, 0.717) is 18.0 Å². The summed E-state index contributed by atoms with van der Waals surface area (Å²) in [4.78, 5) is 20.2. The fourth-order valence-corrected chi connectivity index (χ4v) is 5.06. The topological polar surface area (TPSA) is 63.7 Å². The van der Waals surface area contributed by atoms with Gasteiger partial charge < -0.3 is 19.7 Å². The fraction of sp³-hybridized carbons (Fsp3) is 0.231. The number of hydrogen-bond acceptors (Lipinski definition) is 6. The van der Waals surface area contributed by atoms with Crippen molar-refractivity contribution in [2.45, 2.75) is 12.8 Å². The highest BCUT2D eigenvalue weighted by Gasteiger charge is 2.28. The summed E-state index contributed by atoms with van der Waals surface area (Å²) in [5.74, 6) is 2.07. The molecule has 168 valence electrons. The van der Waals surface area contributed by atoms with Crippen molar-refractivity contribution in [2.75, 3.05) is 30.4 Å². The first-order valence-electron chi connectivity index (χ1n) is 11.0. The van der Waals surface area contributed by atoms with Gasteiger partial charge in [-0.25, -0.2) is 4.98 Å². The molecular formula is C26H25N3O3S. The van der Waals surface area contributed by atoms with Gasteiger partial charge in [0, 0.05) is 13.1 Å². The predicted molar refractivity (Wildman–Crippen MR) is 133 cm³/mol. The summed E-state index contributed by atoms with van der Waals surface area (Å²) >= 11 is 1.64. The van der Waals surface area contributed by atoms with Crippen molar-refractivity contribution < 1.29 is 14.3 Å². The Balaban J connectivity index is 1.29. The second-order valence-corrected chi connectivity index (χ2v) is 9.02.